The van der Waals surface area contributed by atoms with Crippen molar-refractivity contribution >= 4 is 5.91 Å². The number of rotatable bonds is 4. The van der Waals surface area contributed by atoms with Gasteiger partial charge in [0, 0.05) is 50.7 Å². The Morgan fingerprint density at radius 2 is 1.85 bits per heavy atom. The monoisotopic (exact) mass is 369 g/mol. The van der Waals surface area contributed by atoms with Crippen LogP contribution in [0.4, 0.5) is 0 Å². The Kier molecular flexibility index (Phi) is 5.11. The number of ether oxygens (including phenoxy) is 3. The van der Waals surface area contributed by atoms with Gasteiger partial charge < -0.3 is 19.1 Å². The van der Waals surface area contributed by atoms with Crippen LogP contribution in [0.3, 0.4) is 0 Å². The topological polar surface area (TPSA) is 64.1 Å². The number of benzene rings is 1. The zero-order chi connectivity index (χ0) is 18.6. The zero-order valence-corrected chi connectivity index (χ0v) is 15.4. The summed E-state index contributed by atoms with van der Waals surface area (Å²) in [6.07, 6.45) is 3.62. The molecule has 142 valence electrons. The average Bonchev–Trinajstić information content (AvgIpc) is 2.73. The van der Waals surface area contributed by atoms with Gasteiger partial charge in [-0.2, -0.15) is 0 Å². The molecule has 1 aromatic carbocycles. The second-order valence-corrected chi connectivity index (χ2v) is 6.63. The van der Waals surface area contributed by atoms with Gasteiger partial charge in [-0.15, -0.1) is 0 Å². The molecule has 0 saturated carbocycles. The number of aromatic nitrogens is 1. The van der Waals surface area contributed by atoms with Crippen LogP contribution in [0.1, 0.15) is 15.9 Å². The molecule has 0 unspecified atom stereocenters. The molecule has 4 rings (SSSR count). The number of pyridine rings is 1. The quantitative estimate of drug-likeness (QED) is 0.819. The van der Waals surface area contributed by atoms with E-state index in [9.17, 15) is 4.79 Å². The van der Waals surface area contributed by atoms with E-state index < -0.39 is 0 Å². The summed E-state index contributed by atoms with van der Waals surface area (Å²) in [5, 5.41) is 0. The molecule has 27 heavy (non-hydrogen) atoms. The maximum atomic E-state index is 13.0. The van der Waals surface area contributed by atoms with E-state index in [0.29, 0.717) is 49.1 Å². The Morgan fingerprint density at radius 1 is 1.11 bits per heavy atom. The smallest absolute Gasteiger partial charge is 0.254 e. The van der Waals surface area contributed by atoms with Crippen molar-refractivity contribution in [1.29, 1.82) is 0 Å². The summed E-state index contributed by atoms with van der Waals surface area (Å²) in [4.78, 5) is 21.3. The minimum atomic E-state index is -0.00571. The minimum absolute atomic E-state index is 0.00571. The highest BCUT2D eigenvalue weighted by Crippen LogP contribution is 2.40. The van der Waals surface area contributed by atoms with Gasteiger partial charge in [0.05, 0.1) is 7.11 Å². The number of piperazine rings is 1. The van der Waals surface area contributed by atoms with Gasteiger partial charge in [0.1, 0.15) is 13.2 Å². The van der Waals surface area contributed by atoms with Gasteiger partial charge in [0.15, 0.2) is 11.5 Å². The number of hydrogen-bond acceptors (Lipinski definition) is 6. The van der Waals surface area contributed by atoms with Crippen LogP contribution in [0, 0.1) is 0 Å². The van der Waals surface area contributed by atoms with Gasteiger partial charge in [0.2, 0.25) is 5.75 Å². The number of amides is 1. The number of methoxy groups -OCH3 is 1. The lowest BCUT2D eigenvalue weighted by Crippen LogP contribution is -2.48. The molecule has 3 heterocycles. The van der Waals surface area contributed by atoms with E-state index in [0.717, 1.165) is 19.6 Å². The van der Waals surface area contributed by atoms with Crippen molar-refractivity contribution in [3.8, 4) is 17.2 Å². The molecule has 0 bridgehead atoms. The van der Waals surface area contributed by atoms with E-state index in [1.54, 1.807) is 19.2 Å². The predicted molar refractivity (Wildman–Crippen MR) is 99.4 cm³/mol. The Balaban J connectivity index is 1.42. The largest absolute Gasteiger partial charge is 0.493 e. The van der Waals surface area contributed by atoms with Gasteiger partial charge in [-0.05, 0) is 29.8 Å². The van der Waals surface area contributed by atoms with Crippen LogP contribution in [0.5, 0.6) is 17.2 Å². The third-order valence-electron chi connectivity index (χ3n) is 4.89. The third kappa shape index (κ3) is 3.83. The average molecular weight is 369 g/mol. The van der Waals surface area contributed by atoms with Gasteiger partial charge in [-0.25, -0.2) is 0 Å². The first kappa shape index (κ1) is 17.6. The number of hydrogen-bond donors (Lipinski definition) is 0. The van der Waals surface area contributed by atoms with Crippen molar-refractivity contribution in [2.24, 2.45) is 0 Å². The predicted octanol–water partition coefficient (Wildman–Crippen LogP) is 1.82. The fraction of sp³-hybridized carbons (Fsp3) is 0.400. The molecular formula is C20H23N3O4. The molecule has 2 aliphatic heterocycles. The van der Waals surface area contributed by atoms with E-state index in [4.69, 9.17) is 14.2 Å². The van der Waals surface area contributed by atoms with Crippen LogP contribution in [-0.2, 0) is 6.54 Å². The fourth-order valence-electron chi connectivity index (χ4n) is 3.43. The lowest BCUT2D eigenvalue weighted by Gasteiger charge is -2.35. The van der Waals surface area contributed by atoms with Crippen molar-refractivity contribution in [3.05, 3.63) is 47.8 Å². The molecule has 2 aromatic rings. The Hall–Kier alpha value is -2.80. The van der Waals surface area contributed by atoms with Crippen LogP contribution in [0.15, 0.2) is 36.7 Å². The molecule has 0 aliphatic carbocycles. The summed E-state index contributed by atoms with van der Waals surface area (Å²) in [5.41, 5.74) is 1.81. The molecule has 1 aromatic heterocycles. The van der Waals surface area contributed by atoms with Crippen LogP contribution in [0.2, 0.25) is 0 Å². The zero-order valence-electron chi connectivity index (χ0n) is 15.4. The van der Waals surface area contributed by atoms with E-state index in [1.165, 1.54) is 5.56 Å². The maximum Gasteiger partial charge on any atom is 0.254 e. The van der Waals surface area contributed by atoms with Gasteiger partial charge >= 0.3 is 0 Å². The molecule has 1 amide bonds. The fourth-order valence-corrected chi connectivity index (χ4v) is 3.43. The SMILES string of the molecule is COc1cc(C(=O)N2CCN(Cc3ccncc3)CC2)cc2c1OCCO2. The van der Waals surface area contributed by atoms with Crippen molar-refractivity contribution < 1.29 is 19.0 Å². The first-order valence-electron chi connectivity index (χ1n) is 9.13. The standard InChI is InChI=1S/C20H23N3O4/c1-25-17-12-16(13-18-19(17)27-11-10-26-18)20(24)23-8-6-22(7-9-23)14-15-2-4-21-5-3-15/h2-5,12-13H,6-11,14H2,1H3. The Morgan fingerprint density at radius 3 is 2.59 bits per heavy atom. The van der Waals surface area contributed by atoms with Crippen molar-refractivity contribution in [1.82, 2.24) is 14.8 Å². The summed E-state index contributed by atoms with van der Waals surface area (Å²) in [6, 6.07) is 7.54. The summed E-state index contributed by atoms with van der Waals surface area (Å²) < 4.78 is 16.6. The van der Waals surface area contributed by atoms with Crippen LogP contribution in [0.25, 0.3) is 0 Å². The molecule has 7 heteroatoms. The summed E-state index contributed by atoms with van der Waals surface area (Å²) in [6.45, 7) is 4.91. The molecule has 1 fully saturated rings. The molecule has 1 saturated heterocycles. The third-order valence-corrected chi connectivity index (χ3v) is 4.89. The summed E-state index contributed by atoms with van der Waals surface area (Å²) >= 11 is 0. The Bertz CT molecular complexity index is 787. The molecule has 0 N–H and O–H groups in total. The molecule has 7 nitrogen and oxygen atoms in total. The molecule has 2 aliphatic rings. The van der Waals surface area contributed by atoms with E-state index in [2.05, 4.69) is 9.88 Å². The Labute approximate surface area is 158 Å². The van der Waals surface area contributed by atoms with Crippen molar-refractivity contribution in [3.63, 3.8) is 0 Å². The van der Waals surface area contributed by atoms with E-state index in [1.807, 2.05) is 29.4 Å². The molecule has 0 spiro atoms. The number of nitrogens with zero attached hydrogens (tertiary/aromatic N) is 3. The highest BCUT2D eigenvalue weighted by atomic mass is 16.6. The molecular weight excluding hydrogens is 346 g/mol. The van der Waals surface area contributed by atoms with Crippen LogP contribution in [-0.4, -0.2) is 67.2 Å². The van der Waals surface area contributed by atoms with Crippen LogP contribution < -0.4 is 14.2 Å². The maximum absolute atomic E-state index is 13.0. The number of carbonyl (C=O) groups is 1. The van der Waals surface area contributed by atoms with Gasteiger partial charge in [-0.1, -0.05) is 0 Å². The lowest BCUT2D eigenvalue weighted by atomic mass is 10.1. The second-order valence-electron chi connectivity index (χ2n) is 6.63. The van der Waals surface area contributed by atoms with Crippen molar-refractivity contribution in [2.45, 2.75) is 6.54 Å². The molecule has 0 radical (unpaired) electrons. The normalized spacial score (nSPS) is 16.9. The molecule has 0 atom stereocenters. The highest BCUT2D eigenvalue weighted by Gasteiger charge is 2.26. The summed E-state index contributed by atoms with van der Waals surface area (Å²) in [5.74, 6) is 1.67. The first-order chi connectivity index (χ1) is 13.2. The van der Waals surface area contributed by atoms with Gasteiger partial charge in [-0.3, -0.25) is 14.7 Å². The minimum Gasteiger partial charge on any atom is -0.493 e. The van der Waals surface area contributed by atoms with Crippen LogP contribution >= 0.6 is 0 Å². The number of fused-ring (bicyclic) bond motifs is 1. The first-order valence-corrected chi connectivity index (χ1v) is 9.13. The van der Waals surface area contributed by atoms with Crippen molar-refractivity contribution in [2.75, 3.05) is 46.5 Å². The van der Waals surface area contributed by atoms with Gasteiger partial charge in [0.25, 0.3) is 5.91 Å². The van der Waals surface area contributed by atoms with E-state index >= 15 is 0 Å². The lowest BCUT2D eigenvalue weighted by molar-refractivity contribution is 0.0627. The second kappa shape index (κ2) is 7.84. The van der Waals surface area contributed by atoms with E-state index in [-0.39, 0.29) is 5.91 Å². The number of carbonyl (C=O) groups excluding carboxylic acids is 1. The highest BCUT2D eigenvalue weighted by molar-refractivity contribution is 5.95. The summed E-state index contributed by atoms with van der Waals surface area (Å²) in [7, 11) is 1.57.